The van der Waals surface area contributed by atoms with Crippen LogP contribution in [0.1, 0.15) is 57.3 Å². The number of ether oxygens (including phenoxy) is 1. The molecule has 1 unspecified atom stereocenters. The molecule has 1 aliphatic rings. The van der Waals surface area contributed by atoms with E-state index >= 15 is 0 Å². The van der Waals surface area contributed by atoms with Gasteiger partial charge < -0.3 is 14.7 Å². The Labute approximate surface area is 136 Å². The van der Waals surface area contributed by atoms with Gasteiger partial charge in [-0.2, -0.15) is 0 Å². The van der Waals surface area contributed by atoms with Gasteiger partial charge in [0.1, 0.15) is 5.75 Å². The maximum atomic E-state index is 11.4. The predicted molar refractivity (Wildman–Crippen MR) is 82.3 cm³/mol. The Kier molecular flexibility index (Phi) is 2.24. The zero-order valence-electron chi connectivity index (χ0n) is 21.3. The molecule has 0 spiro atoms. The van der Waals surface area contributed by atoms with Gasteiger partial charge in [0.2, 0.25) is 0 Å². The molecule has 1 N–H and O–H groups in total. The first-order valence-electron chi connectivity index (χ1n) is 11.9. The summed E-state index contributed by atoms with van der Waals surface area (Å²) < 4.78 is 81.8. The molecule has 3 nitrogen and oxygen atoms in total. The topological polar surface area (TPSA) is 32.7 Å². The molecule has 0 aromatic heterocycles. The number of hydrogen-bond acceptors (Lipinski definition) is 3. The van der Waals surface area contributed by atoms with Gasteiger partial charge in [-0.05, 0) is 44.5 Å². The van der Waals surface area contributed by atoms with Crippen LogP contribution in [0.15, 0.2) is 24.3 Å². The van der Waals surface area contributed by atoms with E-state index in [1.165, 1.54) is 24.3 Å². The summed E-state index contributed by atoms with van der Waals surface area (Å²) in [5.41, 5.74) is -1.36. The predicted octanol–water partition coefficient (Wildman–Crippen LogP) is 3.04. The number of methoxy groups -OCH3 is 1. The molecule has 1 fully saturated rings. The number of aliphatic hydroxyl groups is 1. The van der Waals surface area contributed by atoms with E-state index in [1.807, 2.05) is 0 Å². The number of nitrogens with zero attached hydrogens (tertiary/aromatic N) is 1. The zero-order valence-corrected chi connectivity index (χ0v) is 11.3. The van der Waals surface area contributed by atoms with E-state index in [4.69, 9.17) is 18.4 Å². The van der Waals surface area contributed by atoms with Crippen LogP contribution >= 0.6 is 0 Å². The Hall–Kier alpha value is -1.06. The highest BCUT2D eigenvalue weighted by Gasteiger charge is 2.38. The molecule has 0 radical (unpaired) electrons. The van der Waals surface area contributed by atoms with Crippen LogP contribution < -0.4 is 4.74 Å². The molecular formula is C17H27NO2. The molecule has 1 atom stereocenters. The Morgan fingerprint density at radius 3 is 2.70 bits per heavy atom. The Bertz CT molecular complexity index is 696. The quantitative estimate of drug-likeness (QED) is 0.903. The molecule has 1 aromatic carbocycles. The normalized spacial score (nSPS) is 29.4. The monoisotopic (exact) mass is 287 g/mol. The highest BCUT2D eigenvalue weighted by molar-refractivity contribution is 5.31. The van der Waals surface area contributed by atoms with Gasteiger partial charge in [-0.25, -0.2) is 0 Å². The van der Waals surface area contributed by atoms with E-state index < -0.39 is 39.0 Å². The largest absolute Gasteiger partial charge is 0.497 e. The first kappa shape index (κ1) is 6.80. The molecule has 1 aliphatic carbocycles. The molecule has 2 rings (SSSR count). The average molecular weight is 287 g/mol. The summed E-state index contributed by atoms with van der Waals surface area (Å²) in [6.45, 7) is -7.98. The number of rotatable bonds is 5. The van der Waals surface area contributed by atoms with Crippen molar-refractivity contribution in [3.05, 3.63) is 29.8 Å². The molecular weight excluding hydrogens is 250 g/mol. The van der Waals surface area contributed by atoms with E-state index in [2.05, 4.69) is 0 Å². The van der Waals surface area contributed by atoms with Crippen molar-refractivity contribution in [1.29, 1.82) is 0 Å². The summed E-state index contributed by atoms with van der Waals surface area (Å²) in [5, 5.41) is 11.4. The van der Waals surface area contributed by atoms with Gasteiger partial charge in [0.15, 0.2) is 0 Å². The van der Waals surface area contributed by atoms with Crippen LogP contribution in [-0.2, 0) is 0 Å². The molecule has 112 valence electrons. The maximum absolute atomic E-state index is 11.4. The first-order chi connectivity index (χ1) is 13.6. The fraction of sp³-hybridized carbons (Fsp3) is 0.647. The van der Waals surface area contributed by atoms with Gasteiger partial charge in [-0.15, -0.1) is 0 Å². The van der Waals surface area contributed by atoms with Gasteiger partial charge in [-0.3, -0.25) is 0 Å². The standard InChI is InChI=1S/C17H27NO2/c1-18(2)13-16(17(19)11-5-4-6-12-17)14-7-9-15(20-3)10-8-14/h7-10,16,19H,4-6,11-13H2,1-3H3/i1D2,2D3,3D3,13D2. The van der Waals surface area contributed by atoms with Crippen molar-refractivity contribution in [3.63, 3.8) is 0 Å². The zero-order chi connectivity index (χ0) is 23.0. The van der Waals surface area contributed by atoms with Crippen LogP contribution in [0.4, 0.5) is 0 Å². The highest BCUT2D eigenvalue weighted by Crippen LogP contribution is 2.40. The molecule has 0 saturated heterocycles. The summed E-state index contributed by atoms with van der Waals surface area (Å²) in [6.07, 6.45) is 2.58. The summed E-state index contributed by atoms with van der Waals surface area (Å²) >= 11 is 0. The highest BCUT2D eigenvalue weighted by atomic mass is 16.5. The van der Waals surface area contributed by atoms with Crippen molar-refractivity contribution in [2.75, 3.05) is 27.5 Å². The van der Waals surface area contributed by atoms with Crippen molar-refractivity contribution < 1.29 is 23.6 Å². The van der Waals surface area contributed by atoms with Crippen molar-refractivity contribution >= 4 is 0 Å². The minimum absolute atomic E-state index is 0.0141. The number of likely N-dealkylation sites (N-methyl/N-ethyl adjacent to an activating group) is 1. The lowest BCUT2D eigenvalue weighted by Gasteiger charge is -2.40. The molecule has 0 bridgehead atoms. The Morgan fingerprint density at radius 1 is 1.35 bits per heavy atom. The molecule has 1 saturated carbocycles. The van der Waals surface area contributed by atoms with Gasteiger partial charge in [-0.1, -0.05) is 31.4 Å². The van der Waals surface area contributed by atoms with E-state index in [-0.39, 0.29) is 29.1 Å². The molecule has 3 heteroatoms. The molecule has 1 aromatic rings. The summed E-state index contributed by atoms with van der Waals surface area (Å²) in [5.74, 6) is -1.37. The van der Waals surface area contributed by atoms with Crippen LogP contribution in [0.25, 0.3) is 0 Å². The van der Waals surface area contributed by atoms with Gasteiger partial charge in [0.05, 0.1) is 16.8 Å². The van der Waals surface area contributed by atoms with Crippen molar-refractivity contribution in [3.8, 4) is 5.75 Å². The second kappa shape index (κ2) is 6.59. The second-order valence-electron chi connectivity index (χ2n) is 5.27. The van der Waals surface area contributed by atoms with Gasteiger partial charge in [0.25, 0.3) is 0 Å². The summed E-state index contributed by atoms with van der Waals surface area (Å²) in [7, 11) is -2.67. The summed E-state index contributed by atoms with van der Waals surface area (Å²) in [4.78, 5) is 0.171. The van der Waals surface area contributed by atoms with Crippen LogP contribution in [0.3, 0.4) is 0 Å². The third-order valence-corrected chi connectivity index (χ3v) is 3.86. The van der Waals surface area contributed by atoms with Gasteiger partial charge >= 0.3 is 0 Å². The van der Waals surface area contributed by atoms with Crippen LogP contribution in [0.5, 0.6) is 5.75 Å². The second-order valence-corrected chi connectivity index (χ2v) is 5.27. The van der Waals surface area contributed by atoms with Crippen molar-refractivity contribution in [1.82, 2.24) is 4.90 Å². The lowest BCUT2D eigenvalue weighted by molar-refractivity contribution is -0.0277. The molecule has 20 heavy (non-hydrogen) atoms. The number of hydrogen-bond donors (Lipinski definition) is 1. The van der Waals surface area contributed by atoms with E-state index in [0.29, 0.717) is 12.8 Å². The summed E-state index contributed by atoms with van der Waals surface area (Å²) in [6, 6.07) is 5.40. The average Bonchev–Trinajstić information content (AvgIpc) is 2.53. The van der Waals surface area contributed by atoms with Crippen LogP contribution in [0.2, 0.25) is 0 Å². The van der Waals surface area contributed by atoms with Gasteiger partial charge in [0, 0.05) is 22.0 Å². The third-order valence-electron chi connectivity index (χ3n) is 3.86. The SMILES string of the molecule is [2H]C([2H])N(C([2H])([2H])[2H])C([2H])([2H])C(c1ccc(OC([2H])([2H])[2H])cc1)C1(O)CCCCC1. The van der Waals surface area contributed by atoms with E-state index in [9.17, 15) is 5.11 Å². The first-order valence-corrected chi connectivity index (χ1v) is 6.73. The Morgan fingerprint density at radius 2 is 2.10 bits per heavy atom. The maximum Gasteiger partial charge on any atom is 0.118 e. The lowest BCUT2D eigenvalue weighted by atomic mass is 9.72. The molecule has 0 heterocycles. The number of benzene rings is 1. The van der Waals surface area contributed by atoms with Crippen molar-refractivity contribution in [2.24, 2.45) is 0 Å². The smallest absolute Gasteiger partial charge is 0.118 e. The van der Waals surface area contributed by atoms with E-state index in [0.717, 1.165) is 6.42 Å². The molecule has 0 aliphatic heterocycles. The van der Waals surface area contributed by atoms with Crippen LogP contribution in [-0.4, -0.2) is 43.1 Å². The van der Waals surface area contributed by atoms with E-state index in [1.54, 1.807) is 0 Å². The minimum Gasteiger partial charge on any atom is -0.497 e. The third kappa shape index (κ3) is 3.53. The fourth-order valence-electron chi connectivity index (χ4n) is 2.83. The fourth-order valence-corrected chi connectivity index (χ4v) is 2.83. The van der Waals surface area contributed by atoms with Crippen LogP contribution in [0, 0.1) is 0 Å². The Balaban J connectivity index is 2.55. The lowest BCUT2D eigenvalue weighted by Crippen LogP contribution is -2.42. The molecule has 0 amide bonds. The minimum atomic E-state index is -3.08. The van der Waals surface area contributed by atoms with Crippen molar-refractivity contribution in [2.45, 2.75) is 43.6 Å².